The monoisotopic (exact) mass is 259 g/mol. The Morgan fingerprint density at radius 3 is 2.74 bits per heavy atom. The van der Waals surface area contributed by atoms with Crippen LogP contribution in [0.3, 0.4) is 0 Å². The first-order valence-corrected chi connectivity index (χ1v) is 5.67. The number of ether oxygens (including phenoxy) is 1. The van der Waals surface area contributed by atoms with Crippen molar-refractivity contribution >= 4 is 0 Å². The van der Waals surface area contributed by atoms with Crippen molar-refractivity contribution in [1.82, 2.24) is 0 Å². The molecule has 0 saturated heterocycles. The molecule has 96 valence electrons. The minimum atomic E-state index is -0.512. The highest BCUT2D eigenvalue weighted by molar-refractivity contribution is 5.34. The first-order valence-electron chi connectivity index (χ1n) is 5.67. The van der Waals surface area contributed by atoms with Gasteiger partial charge < -0.3 is 4.74 Å². The van der Waals surface area contributed by atoms with Crippen LogP contribution in [0.15, 0.2) is 36.4 Å². The molecule has 0 N–H and O–H groups in total. The molecule has 2 rings (SSSR count). The normalized spacial score (nSPS) is 10.0. The van der Waals surface area contributed by atoms with Crippen LogP contribution in [0.5, 0.6) is 5.75 Å². The molecule has 0 amide bonds. The van der Waals surface area contributed by atoms with E-state index < -0.39 is 11.6 Å². The largest absolute Gasteiger partial charge is 0.486 e. The van der Waals surface area contributed by atoms with Crippen molar-refractivity contribution in [2.24, 2.45) is 0 Å². The molecule has 0 bridgehead atoms. The summed E-state index contributed by atoms with van der Waals surface area (Å²) in [6.45, 7) is 1.64. The molecule has 2 nitrogen and oxygen atoms in total. The van der Waals surface area contributed by atoms with Crippen molar-refractivity contribution in [3.8, 4) is 11.8 Å². The van der Waals surface area contributed by atoms with E-state index in [-0.39, 0.29) is 17.9 Å². The maximum atomic E-state index is 13.7. The number of halogens is 2. The van der Waals surface area contributed by atoms with Gasteiger partial charge in [0, 0.05) is 0 Å². The van der Waals surface area contributed by atoms with E-state index in [4.69, 9.17) is 10.00 Å². The molecule has 2 aromatic carbocycles. The first-order chi connectivity index (χ1) is 9.10. The van der Waals surface area contributed by atoms with Crippen molar-refractivity contribution in [3.63, 3.8) is 0 Å². The third-order valence-corrected chi connectivity index (χ3v) is 2.64. The van der Waals surface area contributed by atoms with Crippen LogP contribution >= 0.6 is 0 Å². The fourth-order valence-corrected chi connectivity index (χ4v) is 1.69. The number of hydrogen-bond donors (Lipinski definition) is 0. The zero-order valence-corrected chi connectivity index (χ0v) is 10.3. The summed E-state index contributed by atoms with van der Waals surface area (Å²) in [7, 11) is 0. The number of rotatable bonds is 3. The summed E-state index contributed by atoms with van der Waals surface area (Å²) in [6, 6.07) is 10.6. The van der Waals surface area contributed by atoms with E-state index >= 15 is 0 Å². The number of nitriles is 1. The standard InChI is InChI=1S/C15H11F2NO/c1-10-3-2-4-14(15(10)17)19-9-12-5-11(8-18)6-13(16)7-12/h2-7H,9H2,1H3. The molecule has 0 aliphatic heterocycles. The molecule has 0 atom stereocenters. The molecule has 0 aliphatic carbocycles. The third kappa shape index (κ3) is 3.08. The SMILES string of the molecule is Cc1cccc(OCc2cc(F)cc(C#N)c2)c1F. The maximum Gasteiger partial charge on any atom is 0.167 e. The molecule has 0 fully saturated rings. The number of hydrogen-bond acceptors (Lipinski definition) is 2. The zero-order chi connectivity index (χ0) is 13.8. The van der Waals surface area contributed by atoms with Crippen molar-refractivity contribution in [2.45, 2.75) is 13.5 Å². The second-order valence-electron chi connectivity index (χ2n) is 4.14. The summed E-state index contributed by atoms with van der Waals surface area (Å²) in [5.74, 6) is -0.829. The quantitative estimate of drug-likeness (QED) is 0.841. The fourth-order valence-electron chi connectivity index (χ4n) is 1.69. The van der Waals surface area contributed by atoms with Gasteiger partial charge in [0.05, 0.1) is 11.6 Å². The summed E-state index contributed by atoms with van der Waals surface area (Å²) < 4.78 is 32.2. The van der Waals surface area contributed by atoms with Gasteiger partial charge in [-0.1, -0.05) is 12.1 Å². The average molecular weight is 259 g/mol. The predicted molar refractivity (Wildman–Crippen MR) is 66.6 cm³/mol. The van der Waals surface area contributed by atoms with E-state index in [1.165, 1.54) is 18.2 Å². The van der Waals surface area contributed by atoms with E-state index in [0.717, 1.165) is 6.07 Å². The summed E-state index contributed by atoms with van der Waals surface area (Å²) in [5, 5.41) is 8.73. The molecular formula is C15H11F2NO. The third-order valence-electron chi connectivity index (χ3n) is 2.64. The Hall–Kier alpha value is -2.41. The second kappa shape index (κ2) is 5.49. The van der Waals surface area contributed by atoms with Crippen LogP contribution < -0.4 is 4.74 Å². The Balaban J connectivity index is 2.17. The molecule has 0 saturated carbocycles. The predicted octanol–water partition coefficient (Wildman–Crippen LogP) is 3.72. The second-order valence-corrected chi connectivity index (χ2v) is 4.14. The molecule has 0 aromatic heterocycles. The minimum Gasteiger partial charge on any atom is -0.486 e. The molecular weight excluding hydrogens is 248 g/mol. The summed E-state index contributed by atoms with van der Waals surface area (Å²) in [5.41, 5.74) is 1.18. The van der Waals surface area contributed by atoms with Crippen LogP contribution in [-0.4, -0.2) is 0 Å². The van der Waals surface area contributed by atoms with Gasteiger partial charge in [0.2, 0.25) is 0 Å². The number of benzene rings is 2. The van der Waals surface area contributed by atoms with Crippen LogP contribution in [0, 0.1) is 29.9 Å². The molecule has 2 aromatic rings. The lowest BCUT2D eigenvalue weighted by Crippen LogP contribution is -1.99. The van der Waals surface area contributed by atoms with Crippen LogP contribution in [0.2, 0.25) is 0 Å². The molecule has 19 heavy (non-hydrogen) atoms. The van der Waals surface area contributed by atoms with Gasteiger partial charge in [-0.3, -0.25) is 0 Å². The van der Waals surface area contributed by atoms with Gasteiger partial charge in [-0.25, -0.2) is 8.78 Å². The Morgan fingerprint density at radius 1 is 1.21 bits per heavy atom. The Morgan fingerprint density at radius 2 is 2.00 bits per heavy atom. The van der Waals surface area contributed by atoms with Gasteiger partial charge in [-0.15, -0.1) is 0 Å². The van der Waals surface area contributed by atoms with E-state index in [1.807, 2.05) is 6.07 Å². The van der Waals surface area contributed by atoms with E-state index in [1.54, 1.807) is 19.1 Å². The smallest absolute Gasteiger partial charge is 0.167 e. The van der Waals surface area contributed by atoms with Gasteiger partial charge >= 0.3 is 0 Å². The Bertz CT molecular complexity index is 647. The fraction of sp³-hybridized carbons (Fsp3) is 0.133. The molecule has 0 radical (unpaired) electrons. The maximum absolute atomic E-state index is 13.7. The molecule has 0 aliphatic rings. The molecule has 0 unspecified atom stereocenters. The van der Waals surface area contributed by atoms with Crippen LogP contribution in [-0.2, 0) is 6.61 Å². The van der Waals surface area contributed by atoms with Crippen LogP contribution in [0.4, 0.5) is 8.78 Å². The minimum absolute atomic E-state index is 0.00676. The van der Waals surface area contributed by atoms with Crippen LogP contribution in [0.25, 0.3) is 0 Å². The lowest BCUT2D eigenvalue weighted by Gasteiger charge is -2.09. The highest BCUT2D eigenvalue weighted by Crippen LogP contribution is 2.21. The van der Waals surface area contributed by atoms with Crippen LogP contribution in [0.1, 0.15) is 16.7 Å². The van der Waals surface area contributed by atoms with Gasteiger partial charge in [0.25, 0.3) is 0 Å². The van der Waals surface area contributed by atoms with Gasteiger partial charge in [0.15, 0.2) is 11.6 Å². The number of aryl methyl sites for hydroxylation is 1. The van der Waals surface area contributed by atoms with E-state index in [9.17, 15) is 8.78 Å². The summed E-state index contributed by atoms with van der Waals surface area (Å²) in [6.07, 6.45) is 0. The highest BCUT2D eigenvalue weighted by atomic mass is 19.1. The molecule has 4 heteroatoms. The Labute approximate surface area is 109 Å². The van der Waals surface area contributed by atoms with Crippen molar-refractivity contribution in [1.29, 1.82) is 5.26 Å². The average Bonchev–Trinajstić information content (AvgIpc) is 2.40. The van der Waals surface area contributed by atoms with Crippen molar-refractivity contribution in [2.75, 3.05) is 0 Å². The number of nitrogens with zero attached hydrogens (tertiary/aromatic N) is 1. The molecule has 0 heterocycles. The van der Waals surface area contributed by atoms with Crippen molar-refractivity contribution in [3.05, 3.63) is 64.7 Å². The first kappa shape index (κ1) is 13.0. The van der Waals surface area contributed by atoms with Gasteiger partial charge in [0.1, 0.15) is 12.4 Å². The highest BCUT2D eigenvalue weighted by Gasteiger charge is 2.07. The Kier molecular flexibility index (Phi) is 3.76. The van der Waals surface area contributed by atoms with Gasteiger partial charge in [-0.05, 0) is 42.3 Å². The summed E-state index contributed by atoms with van der Waals surface area (Å²) in [4.78, 5) is 0. The lowest BCUT2D eigenvalue weighted by molar-refractivity contribution is 0.289. The van der Waals surface area contributed by atoms with E-state index in [2.05, 4.69) is 0 Å². The molecule has 0 spiro atoms. The lowest BCUT2D eigenvalue weighted by atomic mass is 10.1. The zero-order valence-electron chi connectivity index (χ0n) is 10.3. The van der Waals surface area contributed by atoms with Crippen molar-refractivity contribution < 1.29 is 13.5 Å². The van der Waals surface area contributed by atoms with Gasteiger partial charge in [-0.2, -0.15) is 5.26 Å². The summed E-state index contributed by atoms with van der Waals surface area (Å²) >= 11 is 0. The van der Waals surface area contributed by atoms with E-state index in [0.29, 0.717) is 11.1 Å². The topological polar surface area (TPSA) is 33.0 Å².